The number of amides is 1. The predicted molar refractivity (Wildman–Crippen MR) is 101 cm³/mol. The lowest BCUT2D eigenvalue weighted by molar-refractivity contribution is 0.102. The largest absolute Gasteiger partial charge is 0.368 e. The van der Waals surface area contributed by atoms with Crippen molar-refractivity contribution in [3.8, 4) is 11.4 Å². The molecule has 0 bridgehead atoms. The molecule has 0 spiro atoms. The van der Waals surface area contributed by atoms with Crippen LogP contribution in [0, 0.1) is 5.82 Å². The Hall–Kier alpha value is -3.28. The second kappa shape index (κ2) is 7.74. The number of aromatic nitrogens is 2. The van der Waals surface area contributed by atoms with Crippen LogP contribution in [0.4, 0.5) is 15.9 Å². The van der Waals surface area contributed by atoms with E-state index in [9.17, 15) is 9.18 Å². The van der Waals surface area contributed by atoms with Crippen LogP contribution in [0.5, 0.6) is 0 Å². The van der Waals surface area contributed by atoms with Crippen LogP contribution < -0.4 is 10.6 Å². The van der Waals surface area contributed by atoms with E-state index in [1.807, 2.05) is 44.2 Å². The summed E-state index contributed by atoms with van der Waals surface area (Å²) in [7, 11) is 0. The van der Waals surface area contributed by atoms with Gasteiger partial charge in [0.15, 0.2) is 5.82 Å². The van der Waals surface area contributed by atoms with Gasteiger partial charge in [-0.1, -0.05) is 36.4 Å². The van der Waals surface area contributed by atoms with Crippen LogP contribution >= 0.6 is 0 Å². The molecular weight excluding hydrogens is 331 g/mol. The van der Waals surface area contributed by atoms with Crippen molar-refractivity contribution in [1.29, 1.82) is 0 Å². The number of benzene rings is 2. The third-order valence-corrected chi connectivity index (χ3v) is 3.51. The first-order valence-electron chi connectivity index (χ1n) is 8.29. The minimum Gasteiger partial charge on any atom is -0.368 e. The van der Waals surface area contributed by atoms with Crippen molar-refractivity contribution in [2.75, 3.05) is 10.6 Å². The van der Waals surface area contributed by atoms with Crippen molar-refractivity contribution in [3.63, 3.8) is 0 Å². The Kier molecular flexibility index (Phi) is 5.22. The number of hydrogen-bond donors (Lipinski definition) is 2. The number of anilines is 2. The number of nitrogens with one attached hydrogen (secondary N) is 2. The molecule has 2 N–H and O–H groups in total. The van der Waals surface area contributed by atoms with E-state index in [0.717, 1.165) is 5.56 Å². The molecule has 0 atom stereocenters. The molecule has 3 aromatic rings. The minimum absolute atomic E-state index is 0.146. The average Bonchev–Trinajstić information content (AvgIpc) is 2.61. The van der Waals surface area contributed by atoms with Gasteiger partial charge in [-0.2, -0.15) is 0 Å². The van der Waals surface area contributed by atoms with Crippen LogP contribution in [-0.4, -0.2) is 21.9 Å². The van der Waals surface area contributed by atoms with Crippen molar-refractivity contribution < 1.29 is 9.18 Å². The Morgan fingerprint density at radius 1 is 1.00 bits per heavy atom. The van der Waals surface area contributed by atoms with Gasteiger partial charge in [-0.3, -0.25) is 4.79 Å². The molecule has 5 nitrogen and oxygen atoms in total. The zero-order valence-corrected chi connectivity index (χ0v) is 14.5. The van der Waals surface area contributed by atoms with E-state index >= 15 is 0 Å². The summed E-state index contributed by atoms with van der Waals surface area (Å²) in [4.78, 5) is 21.5. The molecule has 2 aromatic carbocycles. The van der Waals surface area contributed by atoms with Gasteiger partial charge in [0.25, 0.3) is 5.91 Å². The Balaban J connectivity index is 1.95. The van der Waals surface area contributed by atoms with E-state index in [1.165, 1.54) is 18.2 Å². The Bertz CT molecular complexity index is 913. The smallest absolute Gasteiger partial charge is 0.274 e. The lowest BCUT2D eigenvalue weighted by atomic mass is 10.2. The fraction of sp³-hybridized carbons (Fsp3) is 0.150. The molecule has 1 heterocycles. The summed E-state index contributed by atoms with van der Waals surface area (Å²) in [5.41, 5.74) is 1.37. The molecule has 132 valence electrons. The summed E-state index contributed by atoms with van der Waals surface area (Å²) in [6.07, 6.45) is 0. The highest BCUT2D eigenvalue weighted by Crippen LogP contribution is 2.19. The first-order chi connectivity index (χ1) is 12.5. The van der Waals surface area contributed by atoms with Gasteiger partial charge < -0.3 is 10.6 Å². The van der Waals surface area contributed by atoms with Crippen LogP contribution in [-0.2, 0) is 0 Å². The molecule has 3 rings (SSSR count). The van der Waals surface area contributed by atoms with Gasteiger partial charge >= 0.3 is 0 Å². The molecule has 0 radical (unpaired) electrons. The van der Waals surface area contributed by atoms with Gasteiger partial charge in [-0.05, 0) is 32.0 Å². The molecule has 0 aliphatic carbocycles. The summed E-state index contributed by atoms with van der Waals surface area (Å²) >= 11 is 0. The van der Waals surface area contributed by atoms with Crippen LogP contribution in [0.1, 0.15) is 24.3 Å². The summed E-state index contributed by atoms with van der Waals surface area (Å²) < 4.78 is 13.3. The monoisotopic (exact) mass is 350 g/mol. The number of carbonyl (C=O) groups excluding carboxylic acids is 1. The molecular formula is C20H19FN4O. The maximum absolute atomic E-state index is 13.3. The first-order valence-corrected chi connectivity index (χ1v) is 8.29. The van der Waals surface area contributed by atoms with E-state index in [0.29, 0.717) is 17.3 Å². The number of hydrogen-bond acceptors (Lipinski definition) is 4. The van der Waals surface area contributed by atoms with Crippen LogP contribution in [0.2, 0.25) is 0 Å². The molecule has 0 unspecified atom stereocenters. The van der Waals surface area contributed by atoms with Crippen molar-refractivity contribution >= 4 is 17.4 Å². The number of carbonyl (C=O) groups is 1. The van der Waals surface area contributed by atoms with Gasteiger partial charge in [0.05, 0.1) is 0 Å². The van der Waals surface area contributed by atoms with Crippen LogP contribution in [0.3, 0.4) is 0 Å². The van der Waals surface area contributed by atoms with Gasteiger partial charge in [0.1, 0.15) is 17.3 Å². The van der Waals surface area contributed by atoms with E-state index < -0.39 is 11.7 Å². The zero-order valence-electron chi connectivity index (χ0n) is 14.5. The number of nitrogens with zero attached hydrogens (tertiary/aromatic N) is 2. The number of rotatable bonds is 5. The maximum atomic E-state index is 13.3. The molecule has 0 saturated carbocycles. The molecule has 1 aromatic heterocycles. The van der Waals surface area contributed by atoms with Crippen molar-refractivity contribution in [3.05, 3.63) is 72.2 Å². The average molecular weight is 350 g/mol. The second-order valence-corrected chi connectivity index (χ2v) is 6.09. The van der Waals surface area contributed by atoms with E-state index in [2.05, 4.69) is 20.6 Å². The van der Waals surface area contributed by atoms with Gasteiger partial charge in [-0.25, -0.2) is 14.4 Å². The topological polar surface area (TPSA) is 66.9 Å². The molecule has 0 saturated heterocycles. The van der Waals surface area contributed by atoms with Gasteiger partial charge in [0.2, 0.25) is 0 Å². The van der Waals surface area contributed by atoms with Crippen molar-refractivity contribution in [2.45, 2.75) is 19.9 Å². The third-order valence-electron chi connectivity index (χ3n) is 3.51. The predicted octanol–water partition coefficient (Wildman–Crippen LogP) is 4.36. The quantitative estimate of drug-likeness (QED) is 0.718. The molecule has 1 amide bonds. The zero-order chi connectivity index (χ0) is 18.5. The Morgan fingerprint density at radius 2 is 1.77 bits per heavy atom. The van der Waals surface area contributed by atoms with Crippen molar-refractivity contribution in [2.24, 2.45) is 0 Å². The standard InChI is InChI=1S/C20H19FN4O/c1-13(2)22-18-12-17(20(26)23-16-10-6-9-15(21)11-16)24-19(25-18)14-7-4-3-5-8-14/h3-13H,1-2H3,(H,23,26)(H,22,24,25). The fourth-order valence-corrected chi connectivity index (χ4v) is 2.41. The Labute approximate surface area is 151 Å². The minimum atomic E-state index is -0.429. The van der Waals surface area contributed by atoms with Crippen LogP contribution in [0.15, 0.2) is 60.7 Å². The third kappa shape index (κ3) is 4.42. The number of halogens is 1. The highest BCUT2D eigenvalue weighted by molar-refractivity contribution is 6.03. The maximum Gasteiger partial charge on any atom is 0.274 e. The lowest BCUT2D eigenvalue weighted by Crippen LogP contribution is -2.17. The van der Waals surface area contributed by atoms with Crippen molar-refractivity contribution in [1.82, 2.24) is 9.97 Å². The highest BCUT2D eigenvalue weighted by Gasteiger charge is 2.14. The summed E-state index contributed by atoms with van der Waals surface area (Å²) in [6, 6.07) is 16.9. The molecule has 0 fully saturated rings. The molecule has 26 heavy (non-hydrogen) atoms. The van der Waals surface area contributed by atoms with E-state index in [-0.39, 0.29) is 11.7 Å². The van der Waals surface area contributed by atoms with E-state index in [1.54, 1.807) is 12.1 Å². The normalized spacial score (nSPS) is 10.6. The first kappa shape index (κ1) is 17.5. The summed E-state index contributed by atoms with van der Waals surface area (Å²) in [5, 5.41) is 5.85. The molecule has 0 aliphatic rings. The molecule has 6 heteroatoms. The molecule has 0 aliphatic heterocycles. The Morgan fingerprint density at radius 3 is 2.46 bits per heavy atom. The fourth-order valence-electron chi connectivity index (χ4n) is 2.41. The van der Waals surface area contributed by atoms with Crippen LogP contribution in [0.25, 0.3) is 11.4 Å². The SMILES string of the molecule is CC(C)Nc1cc(C(=O)Nc2cccc(F)c2)nc(-c2ccccc2)n1. The lowest BCUT2D eigenvalue weighted by Gasteiger charge is -2.12. The second-order valence-electron chi connectivity index (χ2n) is 6.09. The summed E-state index contributed by atoms with van der Waals surface area (Å²) in [5.74, 6) is 0.151. The summed E-state index contributed by atoms with van der Waals surface area (Å²) in [6.45, 7) is 3.97. The van der Waals surface area contributed by atoms with E-state index in [4.69, 9.17) is 0 Å². The van der Waals surface area contributed by atoms with Gasteiger partial charge in [0, 0.05) is 23.4 Å². The highest BCUT2D eigenvalue weighted by atomic mass is 19.1. The van der Waals surface area contributed by atoms with Gasteiger partial charge in [-0.15, -0.1) is 0 Å².